The van der Waals surface area contributed by atoms with Crippen LogP contribution in [0.25, 0.3) is 16.7 Å². The molecule has 106 valence electrons. The zero-order valence-corrected chi connectivity index (χ0v) is 11.9. The molecule has 2 aromatic carbocycles. The summed E-state index contributed by atoms with van der Waals surface area (Å²) in [7, 11) is 0. The Kier molecular flexibility index (Phi) is 3.22. The number of hydrogen-bond acceptors (Lipinski definition) is 2. The summed E-state index contributed by atoms with van der Waals surface area (Å²) in [6.07, 6.45) is 1.68. The van der Waals surface area contributed by atoms with Crippen LogP contribution in [0, 0.1) is 0 Å². The van der Waals surface area contributed by atoms with Gasteiger partial charge in [-0.2, -0.15) is 0 Å². The summed E-state index contributed by atoms with van der Waals surface area (Å²) >= 11 is 0. The predicted octanol–water partition coefficient (Wildman–Crippen LogP) is 3.85. The molecule has 3 rings (SSSR count). The zero-order valence-electron chi connectivity index (χ0n) is 11.9. The minimum Gasteiger partial charge on any atom is -0.478 e. The summed E-state index contributed by atoms with van der Waals surface area (Å²) in [6.45, 7) is 4.27. The molecule has 0 atom stereocenters. The van der Waals surface area contributed by atoms with Gasteiger partial charge in [-0.3, -0.25) is 4.57 Å². The van der Waals surface area contributed by atoms with Crippen molar-refractivity contribution in [2.75, 3.05) is 0 Å². The molecule has 1 N–H and O–H groups in total. The van der Waals surface area contributed by atoms with E-state index in [0.29, 0.717) is 17.0 Å². The third kappa shape index (κ3) is 2.29. The predicted molar refractivity (Wildman–Crippen MR) is 82.1 cm³/mol. The van der Waals surface area contributed by atoms with E-state index in [2.05, 4.69) is 31.0 Å². The molecule has 4 nitrogen and oxygen atoms in total. The lowest BCUT2D eigenvalue weighted by Gasteiger charge is -2.10. The Bertz CT molecular complexity index is 819. The molecule has 0 saturated carbocycles. The monoisotopic (exact) mass is 280 g/mol. The molecule has 1 aromatic heterocycles. The highest BCUT2D eigenvalue weighted by atomic mass is 16.4. The van der Waals surface area contributed by atoms with E-state index >= 15 is 0 Å². The Morgan fingerprint density at radius 2 is 1.95 bits per heavy atom. The number of carbonyl (C=O) groups is 1. The Morgan fingerprint density at radius 1 is 1.19 bits per heavy atom. The number of benzene rings is 2. The lowest BCUT2D eigenvalue weighted by Crippen LogP contribution is -2.02. The van der Waals surface area contributed by atoms with Crippen molar-refractivity contribution in [2.45, 2.75) is 19.8 Å². The number of carboxylic acids is 1. The molecule has 0 aliphatic heterocycles. The van der Waals surface area contributed by atoms with Gasteiger partial charge in [-0.1, -0.05) is 32.0 Å². The molecular weight excluding hydrogens is 264 g/mol. The Balaban J connectivity index is 2.26. The third-order valence-electron chi connectivity index (χ3n) is 3.61. The van der Waals surface area contributed by atoms with E-state index in [4.69, 9.17) is 0 Å². The van der Waals surface area contributed by atoms with Crippen LogP contribution in [0.5, 0.6) is 0 Å². The highest BCUT2D eigenvalue weighted by molar-refractivity contribution is 6.01. The first-order chi connectivity index (χ1) is 10.1. The van der Waals surface area contributed by atoms with Crippen molar-refractivity contribution in [3.8, 4) is 5.69 Å². The van der Waals surface area contributed by atoms with E-state index in [1.165, 1.54) is 5.56 Å². The van der Waals surface area contributed by atoms with E-state index in [9.17, 15) is 9.90 Å². The van der Waals surface area contributed by atoms with Crippen LogP contribution in [0.4, 0.5) is 0 Å². The number of aromatic carboxylic acids is 1. The second-order valence-electron chi connectivity index (χ2n) is 5.34. The second-order valence-corrected chi connectivity index (χ2v) is 5.34. The van der Waals surface area contributed by atoms with Crippen LogP contribution >= 0.6 is 0 Å². The van der Waals surface area contributed by atoms with E-state index in [1.807, 2.05) is 22.8 Å². The normalized spacial score (nSPS) is 11.2. The van der Waals surface area contributed by atoms with Gasteiger partial charge < -0.3 is 5.11 Å². The summed E-state index contributed by atoms with van der Waals surface area (Å²) in [5.41, 5.74) is 3.72. The number of hydrogen-bond donors (Lipinski definition) is 1. The molecule has 0 radical (unpaired) electrons. The summed E-state index contributed by atoms with van der Waals surface area (Å²) < 4.78 is 1.84. The fourth-order valence-electron chi connectivity index (χ4n) is 2.47. The fraction of sp³-hybridized carbons (Fsp3) is 0.176. The number of carboxylic acid groups (broad SMARTS) is 1. The first-order valence-corrected chi connectivity index (χ1v) is 6.87. The number of fused-ring (bicyclic) bond motifs is 1. The summed E-state index contributed by atoms with van der Waals surface area (Å²) in [4.78, 5) is 15.7. The minimum absolute atomic E-state index is 0.264. The van der Waals surface area contributed by atoms with Crippen molar-refractivity contribution >= 4 is 17.0 Å². The van der Waals surface area contributed by atoms with E-state index < -0.39 is 5.97 Å². The second kappa shape index (κ2) is 5.05. The quantitative estimate of drug-likeness (QED) is 0.793. The molecule has 0 spiro atoms. The van der Waals surface area contributed by atoms with Crippen molar-refractivity contribution in [3.05, 3.63) is 59.9 Å². The molecule has 0 aliphatic rings. The van der Waals surface area contributed by atoms with Gasteiger partial charge in [0.2, 0.25) is 0 Å². The van der Waals surface area contributed by atoms with Crippen molar-refractivity contribution in [2.24, 2.45) is 0 Å². The number of imidazole rings is 1. The number of rotatable bonds is 3. The van der Waals surface area contributed by atoms with Gasteiger partial charge in [0.15, 0.2) is 0 Å². The molecule has 0 bridgehead atoms. The molecule has 0 saturated heterocycles. The van der Waals surface area contributed by atoms with Crippen LogP contribution in [0.3, 0.4) is 0 Å². The standard InChI is InChI=1S/C17H16N2O2/c1-11(2)12-5-3-6-13(9-12)19-10-18-15-8-4-7-14(16(15)19)17(20)21/h3-11H,1-2H3,(H,20,21). The number of para-hydroxylation sites is 1. The first-order valence-electron chi connectivity index (χ1n) is 6.87. The lowest BCUT2D eigenvalue weighted by atomic mass is 10.0. The average molecular weight is 280 g/mol. The van der Waals surface area contributed by atoms with Gasteiger partial charge in [0.05, 0.1) is 16.6 Å². The van der Waals surface area contributed by atoms with Gasteiger partial charge in [-0.25, -0.2) is 9.78 Å². The molecular formula is C17H16N2O2. The maximum Gasteiger partial charge on any atom is 0.337 e. The van der Waals surface area contributed by atoms with Gasteiger partial charge in [-0.15, -0.1) is 0 Å². The van der Waals surface area contributed by atoms with Crippen LogP contribution in [-0.4, -0.2) is 20.6 Å². The minimum atomic E-state index is -0.942. The Morgan fingerprint density at radius 3 is 2.67 bits per heavy atom. The van der Waals surface area contributed by atoms with Crippen LogP contribution in [0.2, 0.25) is 0 Å². The van der Waals surface area contributed by atoms with Crippen LogP contribution in [0.15, 0.2) is 48.8 Å². The molecule has 0 aliphatic carbocycles. The molecule has 0 unspecified atom stereocenters. The average Bonchev–Trinajstić information content (AvgIpc) is 2.91. The molecule has 0 fully saturated rings. The van der Waals surface area contributed by atoms with Gasteiger partial charge in [0, 0.05) is 5.69 Å². The number of nitrogens with zero attached hydrogens (tertiary/aromatic N) is 2. The maximum absolute atomic E-state index is 11.4. The topological polar surface area (TPSA) is 55.1 Å². The molecule has 3 aromatic rings. The van der Waals surface area contributed by atoms with Crippen molar-refractivity contribution in [1.82, 2.24) is 9.55 Å². The summed E-state index contributed by atoms with van der Waals surface area (Å²) in [5.74, 6) is -0.527. The van der Waals surface area contributed by atoms with E-state index in [1.54, 1.807) is 18.5 Å². The third-order valence-corrected chi connectivity index (χ3v) is 3.61. The molecule has 0 amide bonds. The smallest absolute Gasteiger partial charge is 0.337 e. The molecule has 1 heterocycles. The van der Waals surface area contributed by atoms with Crippen LogP contribution in [-0.2, 0) is 0 Å². The lowest BCUT2D eigenvalue weighted by molar-refractivity contribution is 0.0698. The fourth-order valence-corrected chi connectivity index (χ4v) is 2.47. The maximum atomic E-state index is 11.4. The highest BCUT2D eigenvalue weighted by Crippen LogP contribution is 2.24. The number of aromatic nitrogens is 2. The summed E-state index contributed by atoms with van der Waals surface area (Å²) in [5, 5.41) is 9.37. The van der Waals surface area contributed by atoms with Crippen molar-refractivity contribution in [1.29, 1.82) is 0 Å². The van der Waals surface area contributed by atoms with Crippen molar-refractivity contribution in [3.63, 3.8) is 0 Å². The van der Waals surface area contributed by atoms with Gasteiger partial charge in [0.25, 0.3) is 0 Å². The van der Waals surface area contributed by atoms with E-state index in [-0.39, 0.29) is 5.56 Å². The van der Waals surface area contributed by atoms with Gasteiger partial charge in [0.1, 0.15) is 6.33 Å². The van der Waals surface area contributed by atoms with Crippen LogP contribution < -0.4 is 0 Å². The van der Waals surface area contributed by atoms with Crippen molar-refractivity contribution < 1.29 is 9.90 Å². The van der Waals surface area contributed by atoms with Gasteiger partial charge in [-0.05, 0) is 35.7 Å². The van der Waals surface area contributed by atoms with Crippen LogP contribution in [0.1, 0.15) is 35.7 Å². The van der Waals surface area contributed by atoms with Gasteiger partial charge >= 0.3 is 5.97 Å². The first kappa shape index (κ1) is 13.4. The SMILES string of the molecule is CC(C)c1cccc(-n2cnc3cccc(C(=O)O)c32)c1. The molecule has 4 heteroatoms. The Hall–Kier alpha value is -2.62. The van der Waals surface area contributed by atoms with E-state index in [0.717, 1.165) is 5.69 Å². The molecule has 21 heavy (non-hydrogen) atoms. The zero-order chi connectivity index (χ0) is 15.0. The summed E-state index contributed by atoms with van der Waals surface area (Å²) in [6, 6.07) is 13.2. The largest absolute Gasteiger partial charge is 0.478 e. The highest BCUT2D eigenvalue weighted by Gasteiger charge is 2.14. The Labute approximate surface area is 122 Å².